The van der Waals surface area contributed by atoms with Crippen molar-refractivity contribution in [3.05, 3.63) is 0 Å². The van der Waals surface area contributed by atoms with E-state index in [-0.39, 0.29) is 11.3 Å². The van der Waals surface area contributed by atoms with E-state index in [0.717, 1.165) is 19.3 Å². The van der Waals surface area contributed by atoms with E-state index in [0.29, 0.717) is 26.1 Å². The van der Waals surface area contributed by atoms with E-state index in [1.165, 1.54) is 0 Å². The van der Waals surface area contributed by atoms with Gasteiger partial charge in [-0.15, -0.1) is 0 Å². The van der Waals surface area contributed by atoms with Gasteiger partial charge < -0.3 is 21.7 Å². The van der Waals surface area contributed by atoms with Gasteiger partial charge in [0.1, 0.15) is 6.04 Å². The molecule has 0 aromatic carbocycles. The van der Waals surface area contributed by atoms with E-state index in [2.05, 4.69) is 12.2 Å². The molecular formula is C13H26N4O2. The smallest absolute Gasteiger partial charge is 0.312 e. The number of likely N-dealkylation sites (tertiary alicyclic amines) is 1. The van der Waals surface area contributed by atoms with Crippen LogP contribution in [0.3, 0.4) is 0 Å². The molecule has 0 aromatic rings. The highest BCUT2D eigenvalue weighted by atomic mass is 16.2. The zero-order valence-electron chi connectivity index (χ0n) is 11.9. The second-order valence-electron chi connectivity index (χ2n) is 5.73. The average molecular weight is 270 g/mol. The summed E-state index contributed by atoms with van der Waals surface area (Å²) in [6, 6.07) is -1.15. The third-order valence-electron chi connectivity index (χ3n) is 3.82. The second kappa shape index (κ2) is 6.75. The van der Waals surface area contributed by atoms with Crippen molar-refractivity contribution in [1.29, 1.82) is 0 Å². The first-order chi connectivity index (χ1) is 8.91. The van der Waals surface area contributed by atoms with Gasteiger partial charge in [0, 0.05) is 13.1 Å². The molecule has 0 aromatic heterocycles. The van der Waals surface area contributed by atoms with Gasteiger partial charge in [-0.3, -0.25) is 4.79 Å². The molecule has 2 unspecified atom stereocenters. The topological polar surface area (TPSA) is 101 Å². The van der Waals surface area contributed by atoms with Crippen LogP contribution in [0.25, 0.3) is 0 Å². The minimum absolute atomic E-state index is 0.00229. The standard InChI is InChI=1S/C13H26N4O2/c1-3-4-5-10(16-12(15)19)11(18)17-7-6-13(2,8-14)9-17/h10H,3-9,14H2,1-2H3,(H3,15,16,19). The van der Waals surface area contributed by atoms with Crippen LogP contribution in [0.15, 0.2) is 0 Å². The fourth-order valence-corrected chi connectivity index (χ4v) is 2.44. The molecule has 1 saturated heterocycles. The highest BCUT2D eigenvalue weighted by Gasteiger charge is 2.37. The number of urea groups is 1. The number of nitrogens with one attached hydrogen (secondary N) is 1. The third-order valence-corrected chi connectivity index (χ3v) is 3.82. The minimum Gasteiger partial charge on any atom is -0.352 e. The van der Waals surface area contributed by atoms with Gasteiger partial charge >= 0.3 is 6.03 Å². The Morgan fingerprint density at radius 1 is 1.47 bits per heavy atom. The summed E-state index contributed by atoms with van der Waals surface area (Å²) in [7, 11) is 0. The van der Waals surface area contributed by atoms with E-state index >= 15 is 0 Å². The van der Waals surface area contributed by atoms with Gasteiger partial charge in [0.25, 0.3) is 0 Å². The molecule has 2 atom stereocenters. The van der Waals surface area contributed by atoms with Gasteiger partial charge in [-0.2, -0.15) is 0 Å². The normalized spacial score (nSPS) is 24.3. The maximum atomic E-state index is 12.4. The molecule has 19 heavy (non-hydrogen) atoms. The number of carbonyl (C=O) groups is 2. The van der Waals surface area contributed by atoms with Crippen LogP contribution in [0.5, 0.6) is 0 Å². The highest BCUT2D eigenvalue weighted by molar-refractivity contribution is 5.86. The van der Waals surface area contributed by atoms with E-state index in [4.69, 9.17) is 11.5 Å². The lowest BCUT2D eigenvalue weighted by molar-refractivity contribution is -0.132. The van der Waals surface area contributed by atoms with E-state index in [9.17, 15) is 9.59 Å². The zero-order valence-corrected chi connectivity index (χ0v) is 11.9. The van der Waals surface area contributed by atoms with Crippen molar-refractivity contribution < 1.29 is 9.59 Å². The lowest BCUT2D eigenvalue weighted by atomic mass is 9.90. The molecule has 1 aliphatic rings. The Morgan fingerprint density at radius 3 is 2.63 bits per heavy atom. The van der Waals surface area contributed by atoms with Crippen LogP contribution in [0.1, 0.15) is 39.5 Å². The van der Waals surface area contributed by atoms with Crippen LogP contribution in [0.4, 0.5) is 4.79 Å². The number of nitrogens with zero attached hydrogens (tertiary/aromatic N) is 1. The SMILES string of the molecule is CCCCC(NC(N)=O)C(=O)N1CCC(C)(CN)C1. The lowest BCUT2D eigenvalue weighted by Crippen LogP contribution is -2.50. The number of hydrogen-bond donors (Lipinski definition) is 3. The Balaban J connectivity index is 2.63. The first kappa shape index (κ1) is 15.8. The maximum absolute atomic E-state index is 12.4. The van der Waals surface area contributed by atoms with Crippen molar-refractivity contribution in [1.82, 2.24) is 10.2 Å². The number of primary amides is 1. The molecule has 0 saturated carbocycles. The molecule has 0 bridgehead atoms. The molecule has 1 rings (SSSR count). The summed E-state index contributed by atoms with van der Waals surface area (Å²) in [5.74, 6) is -0.0376. The number of hydrogen-bond acceptors (Lipinski definition) is 3. The molecule has 110 valence electrons. The van der Waals surface area contributed by atoms with Crippen LogP contribution >= 0.6 is 0 Å². The van der Waals surface area contributed by atoms with Crippen molar-refractivity contribution in [2.24, 2.45) is 16.9 Å². The number of unbranched alkanes of at least 4 members (excludes halogenated alkanes) is 1. The molecule has 0 spiro atoms. The molecule has 1 fully saturated rings. The summed E-state index contributed by atoms with van der Waals surface area (Å²) in [4.78, 5) is 25.2. The van der Waals surface area contributed by atoms with Crippen LogP contribution < -0.4 is 16.8 Å². The molecule has 5 N–H and O–H groups in total. The predicted molar refractivity (Wildman–Crippen MR) is 74.4 cm³/mol. The Bertz CT molecular complexity index is 335. The third kappa shape index (κ3) is 4.38. The van der Waals surface area contributed by atoms with Crippen LogP contribution in [0, 0.1) is 5.41 Å². The van der Waals surface area contributed by atoms with Crippen LogP contribution in [0.2, 0.25) is 0 Å². The van der Waals surface area contributed by atoms with Crippen molar-refractivity contribution >= 4 is 11.9 Å². The Kier molecular flexibility index (Phi) is 5.60. The van der Waals surface area contributed by atoms with Crippen LogP contribution in [-0.2, 0) is 4.79 Å². The number of carbonyl (C=O) groups excluding carboxylic acids is 2. The van der Waals surface area contributed by atoms with Gasteiger partial charge in [0.05, 0.1) is 0 Å². The molecule has 6 nitrogen and oxygen atoms in total. The number of nitrogens with two attached hydrogens (primary N) is 2. The van der Waals surface area contributed by atoms with Crippen molar-refractivity contribution in [3.8, 4) is 0 Å². The Hall–Kier alpha value is -1.30. The summed E-state index contributed by atoms with van der Waals surface area (Å²) >= 11 is 0. The zero-order chi connectivity index (χ0) is 14.5. The van der Waals surface area contributed by atoms with Crippen LogP contribution in [-0.4, -0.2) is 42.5 Å². The summed E-state index contributed by atoms with van der Waals surface area (Å²) in [6.07, 6.45) is 3.41. The molecule has 1 heterocycles. The summed E-state index contributed by atoms with van der Waals surface area (Å²) in [6.45, 7) is 6.07. The summed E-state index contributed by atoms with van der Waals surface area (Å²) < 4.78 is 0. The molecule has 0 radical (unpaired) electrons. The minimum atomic E-state index is -0.643. The molecular weight excluding hydrogens is 244 g/mol. The largest absolute Gasteiger partial charge is 0.352 e. The van der Waals surface area contributed by atoms with E-state index in [1.54, 1.807) is 4.90 Å². The second-order valence-corrected chi connectivity index (χ2v) is 5.73. The van der Waals surface area contributed by atoms with Gasteiger partial charge in [-0.05, 0) is 24.8 Å². The van der Waals surface area contributed by atoms with Gasteiger partial charge in [-0.25, -0.2) is 4.79 Å². The molecule has 3 amide bonds. The number of amides is 3. The first-order valence-corrected chi connectivity index (χ1v) is 6.96. The van der Waals surface area contributed by atoms with E-state index in [1.807, 2.05) is 6.92 Å². The van der Waals surface area contributed by atoms with Gasteiger partial charge in [0.2, 0.25) is 5.91 Å². The van der Waals surface area contributed by atoms with Crippen molar-refractivity contribution in [2.75, 3.05) is 19.6 Å². The van der Waals surface area contributed by atoms with E-state index < -0.39 is 12.1 Å². The predicted octanol–water partition coefficient (Wildman–Crippen LogP) is 0.411. The molecule has 0 aliphatic carbocycles. The van der Waals surface area contributed by atoms with Gasteiger partial charge in [-0.1, -0.05) is 26.7 Å². The fourth-order valence-electron chi connectivity index (χ4n) is 2.44. The van der Waals surface area contributed by atoms with Crippen molar-refractivity contribution in [3.63, 3.8) is 0 Å². The Labute approximate surface area is 114 Å². The number of rotatable bonds is 6. The monoisotopic (exact) mass is 270 g/mol. The highest BCUT2D eigenvalue weighted by Crippen LogP contribution is 2.29. The lowest BCUT2D eigenvalue weighted by Gasteiger charge is -2.26. The molecule has 6 heteroatoms. The summed E-state index contributed by atoms with van der Waals surface area (Å²) in [5.41, 5.74) is 10.9. The quantitative estimate of drug-likeness (QED) is 0.651. The maximum Gasteiger partial charge on any atom is 0.312 e. The first-order valence-electron chi connectivity index (χ1n) is 6.96. The Morgan fingerprint density at radius 2 is 2.16 bits per heavy atom. The fraction of sp³-hybridized carbons (Fsp3) is 0.846. The molecule has 1 aliphatic heterocycles. The van der Waals surface area contributed by atoms with Gasteiger partial charge in [0.15, 0.2) is 0 Å². The average Bonchev–Trinajstić information content (AvgIpc) is 2.77. The van der Waals surface area contributed by atoms with Crippen molar-refractivity contribution in [2.45, 2.75) is 45.6 Å². The summed E-state index contributed by atoms with van der Waals surface area (Å²) in [5, 5.41) is 2.55.